The van der Waals surface area contributed by atoms with Crippen LogP contribution in [0.1, 0.15) is 12.8 Å². The van der Waals surface area contributed by atoms with Crippen LogP contribution in [0, 0.1) is 10.1 Å². The minimum Gasteiger partial charge on any atom is -0.394 e. The van der Waals surface area contributed by atoms with Crippen molar-refractivity contribution in [2.75, 3.05) is 31.2 Å². The number of aromatic nitrogens is 1. The molecule has 1 unspecified atom stereocenters. The van der Waals surface area contributed by atoms with Gasteiger partial charge in [-0.3, -0.25) is 10.1 Å². The molecule has 0 amide bonds. The summed E-state index contributed by atoms with van der Waals surface area (Å²) >= 11 is 6.07. The average Bonchev–Trinajstić information content (AvgIpc) is 2.45. The lowest BCUT2D eigenvalue weighted by molar-refractivity contribution is -0.385. The molecule has 0 aromatic carbocycles. The van der Waals surface area contributed by atoms with Gasteiger partial charge in [0.15, 0.2) is 0 Å². The Kier molecular flexibility index (Phi) is 5.11. The highest BCUT2D eigenvalue weighted by molar-refractivity contribution is 6.33. The van der Waals surface area contributed by atoms with Crippen molar-refractivity contribution in [3.05, 3.63) is 27.4 Å². The van der Waals surface area contributed by atoms with Gasteiger partial charge in [-0.1, -0.05) is 11.6 Å². The number of piperidine rings is 1. The van der Waals surface area contributed by atoms with Gasteiger partial charge in [-0.25, -0.2) is 4.98 Å². The molecule has 1 aromatic rings. The Labute approximate surface area is 121 Å². The van der Waals surface area contributed by atoms with E-state index in [2.05, 4.69) is 4.98 Å². The summed E-state index contributed by atoms with van der Waals surface area (Å²) in [5.74, 6) is 0.537. The van der Waals surface area contributed by atoms with Crippen LogP contribution in [0.5, 0.6) is 0 Å². The maximum atomic E-state index is 10.7. The third-order valence-electron chi connectivity index (χ3n) is 3.14. The molecule has 110 valence electrons. The number of halogens is 1. The van der Waals surface area contributed by atoms with Crippen LogP contribution >= 0.6 is 11.6 Å². The van der Waals surface area contributed by atoms with Crippen LogP contribution in [-0.2, 0) is 4.74 Å². The van der Waals surface area contributed by atoms with Crippen molar-refractivity contribution in [1.29, 1.82) is 0 Å². The summed E-state index contributed by atoms with van der Waals surface area (Å²) in [6.07, 6.45) is 3.06. The standard InChI is InChI=1S/C12H16ClN3O4/c13-11-6-9(16(18)19)7-14-12(11)15-3-1-2-10(8-15)20-5-4-17/h6-7,10,17H,1-5,8H2. The summed E-state index contributed by atoms with van der Waals surface area (Å²) < 4.78 is 5.51. The molecule has 1 aromatic heterocycles. The summed E-state index contributed by atoms with van der Waals surface area (Å²) in [5.41, 5.74) is -0.121. The Hall–Kier alpha value is -1.44. The van der Waals surface area contributed by atoms with E-state index in [0.717, 1.165) is 19.4 Å². The molecule has 0 saturated carbocycles. The lowest BCUT2D eigenvalue weighted by atomic mass is 10.1. The first-order valence-corrected chi connectivity index (χ1v) is 6.77. The Balaban J connectivity index is 2.08. The third kappa shape index (κ3) is 3.56. The number of nitro groups is 1. The fourth-order valence-corrected chi connectivity index (χ4v) is 2.52. The van der Waals surface area contributed by atoms with Crippen LogP contribution in [-0.4, -0.2) is 47.4 Å². The second-order valence-electron chi connectivity index (χ2n) is 4.56. The molecule has 8 heteroatoms. The van der Waals surface area contributed by atoms with E-state index >= 15 is 0 Å². The van der Waals surface area contributed by atoms with Gasteiger partial charge < -0.3 is 14.7 Å². The van der Waals surface area contributed by atoms with Gasteiger partial charge in [-0.2, -0.15) is 0 Å². The summed E-state index contributed by atoms with van der Waals surface area (Å²) in [6, 6.07) is 1.31. The van der Waals surface area contributed by atoms with Crippen molar-refractivity contribution in [2.45, 2.75) is 18.9 Å². The number of nitrogens with zero attached hydrogens (tertiary/aromatic N) is 3. The van der Waals surface area contributed by atoms with E-state index in [1.165, 1.54) is 12.3 Å². The van der Waals surface area contributed by atoms with Gasteiger partial charge in [-0.05, 0) is 12.8 Å². The number of pyridine rings is 1. The average molecular weight is 302 g/mol. The highest BCUT2D eigenvalue weighted by atomic mass is 35.5. The fraction of sp³-hybridized carbons (Fsp3) is 0.583. The normalized spacial score (nSPS) is 19.1. The van der Waals surface area contributed by atoms with E-state index in [1.54, 1.807) is 0 Å². The van der Waals surface area contributed by atoms with Gasteiger partial charge >= 0.3 is 0 Å². The largest absolute Gasteiger partial charge is 0.394 e. The monoisotopic (exact) mass is 301 g/mol. The van der Waals surface area contributed by atoms with Crippen molar-refractivity contribution >= 4 is 23.1 Å². The van der Waals surface area contributed by atoms with Crippen LogP contribution in [0.4, 0.5) is 11.5 Å². The summed E-state index contributed by atoms with van der Waals surface area (Å²) in [6.45, 7) is 1.70. The molecule has 0 aliphatic carbocycles. The number of anilines is 1. The molecule has 0 bridgehead atoms. The van der Waals surface area contributed by atoms with E-state index < -0.39 is 4.92 Å². The lowest BCUT2D eigenvalue weighted by Crippen LogP contribution is -2.40. The minimum atomic E-state index is -0.522. The molecule has 2 heterocycles. The quantitative estimate of drug-likeness (QED) is 0.656. The number of aliphatic hydroxyl groups excluding tert-OH is 1. The Morgan fingerprint density at radius 1 is 1.65 bits per heavy atom. The summed E-state index contributed by atoms with van der Waals surface area (Å²) in [7, 11) is 0. The highest BCUT2D eigenvalue weighted by Gasteiger charge is 2.24. The smallest absolute Gasteiger partial charge is 0.289 e. The Bertz CT molecular complexity index is 486. The predicted octanol–water partition coefficient (Wildman–Crippen LogP) is 1.62. The molecular formula is C12H16ClN3O4. The van der Waals surface area contributed by atoms with Crippen molar-refractivity contribution < 1.29 is 14.8 Å². The first kappa shape index (κ1) is 15.0. The van der Waals surface area contributed by atoms with Gasteiger partial charge in [0.05, 0.1) is 29.3 Å². The second kappa shape index (κ2) is 6.83. The molecule has 1 aliphatic heterocycles. The Morgan fingerprint density at radius 2 is 2.45 bits per heavy atom. The number of hydrogen-bond donors (Lipinski definition) is 1. The predicted molar refractivity (Wildman–Crippen MR) is 74.2 cm³/mol. The lowest BCUT2D eigenvalue weighted by Gasteiger charge is -2.33. The maximum absolute atomic E-state index is 10.7. The van der Waals surface area contributed by atoms with E-state index in [4.69, 9.17) is 21.4 Å². The van der Waals surface area contributed by atoms with Crippen molar-refractivity contribution in [2.24, 2.45) is 0 Å². The molecule has 0 radical (unpaired) electrons. The van der Waals surface area contributed by atoms with Crippen LogP contribution in [0.25, 0.3) is 0 Å². The number of hydrogen-bond acceptors (Lipinski definition) is 6. The molecular weight excluding hydrogens is 286 g/mol. The molecule has 0 spiro atoms. The van der Waals surface area contributed by atoms with Crippen LogP contribution < -0.4 is 4.90 Å². The molecule has 1 fully saturated rings. The fourth-order valence-electron chi connectivity index (χ4n) is 2.24. The zero-order valence-electron chi connectivity index (χ0n) is 10.9. The molecule has 1 atom stereocenters. The number of rotatable bonds is 5. The summed E-state index contributed by atoms with van der Waals surface area (Å²) in [5, 5.41) is 19.7. The van der Waals surface area contributed by atoms with Crippen molar-refractivity contribution in [1.82, 2.24) is 4.98 Å². The van der Waals surface area contributed by atoms with E-state index in [-0.39, 0.29) is 23.4 Å². The SMILES string of the molecule is O=[N+]([O-])c1cnc(N2CCCC(OCCO)C2)c(Cl)c1. The highest BCUT2D eigenvalue weighted by Crippen LogP contribution is 2.29. The van der Waals surface area contributed by atoms with Gasteiger partial charge in [0.1, 0.15) is 12.0 Å². The third-order valence-corrected chi connectivity index (χ3v) is 3.42. The molecule has 2 rings (SSSR count). The molecule has 1 N–H and O–H groups in total. The van der Waals surface area contributed by atoms with E-state index in [0.29, 0.717) is 19.0 Å². The van der Waals surface area contributed by atoms with Crippen LogP contribution in [0.15, 0.2) is 12.3 Å². The van der Waals surface area contributed by atoms with E-state index in [1.807, 2.05) is 4.90 Å². The summed E-state index contributed by atoms with van der Waals surface area (Å²) in [4.78, 5) is 16.2. The van der Waals surface area contributed by atoms with E-state index in [9.17, 15) is 10.1 Å². The molecule has 1 aliphatic rings. The van der Waals surface area contributed by atoms with Crippen LogP contribution in [0.2, 0.25) is 5.02 Å². The molecule has 7 nitrogen and oxygen atoms in total. The van der Waals surface area contributed by atoms with Crippen molar-refractivity contribution in [3.8, 4) is 0 Å². The number of aliphatic hydroxyl groups is 1. The first-order chi connectivity index (χ1) is 9.61. The van der Waals surface area contributed by atoms with Gasteiger partial charge in [0.2, 0.25) is 0 Å². The molecule has 20 heavy (non-hydrogen) atoms. The van der Waals surface area contributed by atoms with Gasteiger partial charge in [0, 0.05) is 19.2 Å². The van der Waals surface area contributed by atoms with Crippen molar-refractivity contribution in [3.63, 3.8) is 0 Å². The maximum Gasteiger partial charge on any atom is 0.289 e. The topological polar surface area (TPSA) is 88.7 Å². The van der Waals surface area contributed by atoms with Crippen LogP contribution in [0.3, 0.4) is 0 Å². The number of ether oxygens (including phenoxy) is 1. The Morgan fingerprint density at radius 3 is 3.10 bits per heavy atom. The first-order valence-electron chi connectivity index (χ1n) is 6.39. The zero-order valence-corrected chi connectivity index (χ0v) is 11.6. The molecule has 1 saturated heterocycles. The second-order valence-corrected chi connectivity index (χ2v) is 4.97. The van der Waals surface area contributed by atoms with Gasteiger partial charge in [-0.15, -0.1) is 0 Å². The minimum absolute atomic E-state index is 0.00691. The zero-order chi connectivity index (χ0) is 14.5. The van der Waals surface area contributed by atoms with Gasteiger partial charge in [0.25, 0.3) is 5.69 Å².